The molecule has 146 valence electrons. The fourth-order valence-electron chi connectivity index (χ4n) is 3.52. The van der Waals surface area contributed by atoms with Gasteiger partial charge in [-0.25, -0.2) is 9.59 Å². The molecule has 0 saturated carbocycles. The van der Waals surface area contributed by atoms with Gasteiger partial charge in [-0.2, -0.15) is 11.8 Å². The van der Waals surface area contributed by atoms with E-state index in [1.165, 1.54) is 0 Å². The number of hydrogen-bond acceptors (Lipinski definition) is 5. The maximum atomic E-state index is 12.9. The number of carbonyl (C=O) groups excluding carboxylic acids is 2. The van der Waals surface area contributed by atoms with Gasteiger partial charge in [-0.15, -0.1) is 0 Å². The summed E-state index contributed by atoms with van der Waals surface area (Å²) in [6, 6.07) is 8.96. The Morgan fingerprint density at radius 3 is 2.56 bits per heavy atom. The van der Waals surface area contributed by atoms with Crippen LogP contribution in [0.25, 0.3) is 0 Å². The van der Waals surface area contributed by atoms with E-state index in [4.69, 9.17) is 4.74 Å². The van der Waals surface area contributed by atoms with Gasteiger partial charge in [0.15, 0.2) is 0 Å². The van der Waals surface area contributed by atoms with Crippen LogP contribution in [0.2, 0.25) is 0 Å². The first-order chi connectivity index (χ1) is 13.2. The minimum Gasteiger partial charge on any atom is -0.463 e. The van der Waals surface area contributed by atoms with Gasteiger partial charge in [0.1, 0.15) is 0 Å². The summed E-state index contributed by atoms with van der Waals surface area (Å²) in [5.41, 5.74) is 2.19. The number of amides is 2. The fourth-order valence-corrected chi connectivity index (χ4v) is 4.50. The highest BCUT2D eigenvalue weighted by Crippen LogP contribution is 2.32. The summed E-state index contributed by atoms with van der Waals surface area (Å²) in [4.78, 5) is 29.7. The van der Waals surface area contributed by atoms with Crippen LogP contribution in [0.4, 0.5) is 4.79 Å². The fraction of sp³-hybridized carbons (Fsp3) is 0.500. The van der Waals surface area contributed by atoms with Gasteiger partial charge < -0.3 is 10.1 Å². The number of nitrogens with zero attached hydrogens (tertiary/aromatic N) is 2. The Morgan fingerprint density at radius 2 is 1.93 bits per heavy atom. The van der Waals surface area contributed by atoms with E-state index in [9.17, 15) is 9.59 Å². The van der Waals surface area contributed by atoms with Crippen molar-refractivity contribution in [3.63, 3.8) is 0 Å². The predicted molar refractivity (Wildman–Crippen MR) is 108 cm³/mol. The molecule has 0 aromatic heterocycles. The molecule has 2 heterocycles. The average Bonchev–Trinajstić information content (AvgIpc) is 2.69. The molecule has 0 spiro atoms. The number of urea groups is 1. The van der Waals surface area contributed by atoms with Gasteiger partial charge >= 0.3 is 12.0 Å². The Bertz CT molecular complexity index is 702. The van der Waals surface area contributed by atoms with E-state index in [0.717, 1.165) is 35.9 Å². The highest BCUT2D eigenvalue weighted by atomic mass is 32.2. The van der Waals surface area contributed by atoms with Crippen molar-refractivity contribution >= 4 is 23.8 Å². The minimum atomic E-state index is -0.491. The van der Waals surface area contributed by atoms with Crippen LogP contribution >= 0.6 is 11.8 Å². The number of thioether (sulfide) groups is 1. The van der Waals surface area contributed by atoms with Gasteiger partial charge in [-0.3, -0.25) is 9.80 Å². The van der Waals surface area contributed by atoms with E-state index in [0.29, 0.717) is 25.3 Å². The zero-order chi connectivity index (χ0) is 19.2. The van der Waals surface area contributed by atoms with Crippen LogP contribution in [0.1, 0.15) is 25.5 Å². The summed E-state index contributed by atoms with van der Waals surface area (Å²) in [6.45, 7) is 7.04. The number of rotatable bonds is 6. The second-order valence-corrected chi connectivity index (χ2v) is 7.73. The van der Waals surface area contributed by atoms with Crippen molar-refractivity contribution in [1.82, 2.24) is 15.1 Å². The second-order valence-electron chi connectivity index (χ2n) is 6.51. The van der Waals surface area contributed by atoms with Crippen molar-refractivity contribution < 1.29 is 14.3 Å². The molecule has 1 atom stereocenters. The molecule has 2 amide bonds. The summed E-state index contributed by atoms with van der Waals surface area (Å²) >= 11 is 1.94. The molecule has 6 nitrogen and oxygen atoms in total. The van der Waals surface area contributed by atoms with Gasteiger partial charge in [0.25, 0.3) is 0 Å². The quantitative estimate of drug-likeness (QED) is 0.758. The lowest BCUT2D eigenvalue weighted by Crippen LogP contribution is -2.51. The Hall–Kier alpha value is -1.99. The van der Waals surface area contributed by atoms with E-state index in [2.05, 4.69) is 10.2 Å². The number of ether oxygens (including phenoxy) is 1. The Balaban J connectivity index is 2.05. The highest BCUT2D eigenvalue weighted by Gasteiger charge is 2.38. The monoisotopic (exact) mass is 389 g/mol. The third kappa shape index (κ3) is 4.47. The molecule has 2 aliphatic heterocycles. The molecule has 27 heavy (non-hydrogen) atoms. The van der Waals surface area contributed by atoms with Crippen molar-refractivity contribution in [2.45, 2.75) is 19.9 Å². The normalized spacial score (nSPS) is 21.2. The third-order valence-electron chi connectivity index (χ3n) is 4.86. The lowest BCUT2D eigenvalue weighted by Gasteiger charge is -2.38. The van der Waals surface area contributed by atoms with Crippen LogP contribution in [0, 0.1) is 0 Å². The maximum Gasteiger partial charge on any atom is 0.338 e. The van der Waals surface area contributed by atoms with Gasteiger partial charge in [-0.05, 0) is 19.4 Å². The predicted octanol–water partition coefficient (Wildman–Crippen LogP) is 2.64. The molecule has 0 unspecified atom stereocenters. The van der Waals surface area contributed by atoms with Crippen molar-refractivity contribution in [3.8, 4) is 0 Å². The Morgan fingerprint density at radius 1 is 1.22 bits per heavy atom. The summed E-state index contributed by atoms with van der Waals surface area (Å²) in [5.74, 6) is 1.79. The topological polar surface area (TPSA) is 61.9 Å². The van der Waals surface area contributed by atoms with Crippen LogP contribution in [-0.2, 0) is 9.53 Å². The Kier molecular flexibility index (Phi) is 6.79. The van der Waals surface area contributed by atoms with Crippen LogP contribution < -0.4 is 5.32 Å². The van der Waals surface area contributed by atoms with Crippen molar-refractivity contribution in [2.75, 3.05) is 44.3 Å². The maximum absolute atomic E-state index is 12.9. The smallest absolute Gasteiger partial charge is 0.338 e. The molecule has 1 aromatic carbocycles. The van der Waals surface area contributed by atoms with Gasteiger partial charge in [0.2, 0.25) is 0 Å². The third-order valence-corrected chi connectivity index (χ3v) is 5.80. The van der Waals surface area contributed by atoms with Gasteiger partial charge in [0, 0.05) is 43.4 Å². The molecule has 1 fully saturated rings. The number of benzene rings is 1. The number of esters is 1. The summed E-state index contributed by atoms with van der Waals surface area (Å²) < 4.78 is 5.38. The minimum absolute atomic E-state index is 0.166. The number of nitrogens with one attached hydrogen (secondary N) is 1. The molecule has 0 aliphatic carbocycles. The SMILES string of the molecule is CCOC(=O)C1=C(CN2CCSCC2)N(CC)C(=O)N[C@H]1c1ccccc1. The standard InChI is InChI=1S/C20H27N3O3S/c1-3-23-16(14-22-10-12-27-13-11-22)17(19(24)26-4-2)18(21-20(23)25)15-8-6-5-7-9-15/h5-9,18H,3-4,10-14H2,1-2H3,(H,21,25)/t18-/m0/s1. The molecule has 1 saturated heterocycles. The molecule has 7 heteroatoms. The average molecular weight is 390 g/mol. The number of carbonyl (C=O) groups is 2. The highest BCUT2D eigenvalue weighted by molar-refractivity contribution is 7.99. The van der Waals surface area contributed by atoms with Crippen LogP contribution in [0.15, 0.2) is 41.6 Å². The first-order valence-electron chi connectivity index (χ1n) is 9.48. The van der Waals surface area contributed by atoms with Gasteiger partial charge in [0.05, 0.1) is 18.2 Å². The van der Waals surface area contributed by atoms with Crippen LogP contribution in [-0.4, -0.2) is 66.1 Å². The van der Waals surface area contributed by atoms with Crippen molar-refractivity contribution in [1.29, 1.82) is 0 Å². The molecular weight excluding hydrogens is 362 g/mol. The zero-order valence-electron chi connectivity index (χ0n) is 15.9. The summed E-state index contributed by atoms with van der Waals surface area (Å²) in [6.07, 6.45) is 0. The largest absolute Gasteiger partial charge is 0.463 e. The van der Waals surface area contributed by atoms with E-state index in [-0.39, 0.29) is 12.0 Å². The lowest BCUT2D eigenvalue weighted by molar-refractivity contribution is -0.139. The summed E-state index contributed by atoms with van der Waals surface area (Å²) in [5, 5.41) is 3.00. The van der Waals surface area contributed by atoms with Crippen molar-refractivity contribution in [2.24, 2.45) is 0 Å². The number of likely N-dealkylation sites (N-methyl/N-ethyl adjacent to an activating group) is 1. The Labute approximate surface area is 164 Å². The van der Waals surface area contributed by atoms with E-state index >= 15 is 0 Å². The second kappa shape index (κ2) is 9.28. The van der Waals surface area contributed by atoms with Crippen molar-refractivity contribution in [3.05, 3.63) is 47.2 Å². The molecule has 2 aliphatic rings. The first-order valence-corrected chi connectivity index (χ1v) is 10.6. The first kappa shape index (κ1) is 19.8. The summed E-state index contributed by atoms with van der Waals surface area (Å²) in [7, 11) is 0. The van der Waals surface area contributed by atoms with E-state index < -0.39 is 6.04 Å². The molecule has 1 N–H and O–H groups in total. The number of hydrogen-bond donors (Lipinski definition) is 1. The zero-order valence-corrected chi connectivity index (χ0v) is 16.8. The van der Waals surface area contributed by atoms with E-state index in [1.807, 2.05) is 49.0 Å². The molecule has 0 radical (unpaired) electrons. The van der Waals surface area contributed by atoms with Crippen LogP contribution in [0.3, 0.4) is 0 Å². The van der Waals surface area contributed by atoms with Gasteiger partial charge in [-0.1, -0.05) is 30.3 Å². The molecular formula is C20H27N3O3S. The van der Waals surface area contributed by atoms with E-state index in [1.54, 1.807) is 11.8 Å². The molecule has 1 aromatic rings. The molecule has 3 rings (SSSR count). The molecule has 0 bridgehead atoms. The van der Waals surface area contributed by atoms with Crippen LogP contribution in [0.5, 0.6) is 0 Å². The lowest BCUT2D eigenvalue weighted by atomic mass is 9.94.